The van der Waals surface area contributed by atoms with Gasteiger partial charge in [0.1, 0.15) is 12.1 Å². The number of esters is 3. The van der Waals surface area contributed by atoms with Crippen LogP contribution in [0, 0.1) is 0 Å². The molecule has 12 nitrogen and oxygen atoms in total. The first-order valence-electron chi connectivity index (χ1n) is 18.3. The topological polar surface area (TPSA) is 191 Å². The van der Waals surface area contributed by atoms with E-state index in [-0.39, 0.29) is 12.3 Å². The van der Waals surface area contributed by atoms with Crippen LogP contribution in [0.25, 0.3) is 0 Å². The van der Waals surface area contributed by atoms with Gasteiger partial charge in [0, 0.05) is 25.5 Å². The van der Waals surface area contributed by atoms with E-state index < -0.39 is 42.4 Å². The molecule has 0 aliphatic rings. The van der Waals surface area contributed by atoms with Crippen LogP contribution in [-0.4, -0.2) is 63.5 Å². The number of aromatic nitrogens is 2. The zero-order chi connectivity index (χ0) is 35.8. The predicted octanol–water partition coefficient (Wildman–Crippen LogP) is 6.70. The van der Waals surface area contributed by atoms with Gasteiger partial charge >= 0.3 is 23.9 Å². The minimum Gasteiger partial charge on any atom is -0.481 e. The Bertz CT molecular complexity index is 987. The third-order valence-corrected chi connectivity index (χ3v) is 7.78. The number of nitrogens with one attached hydrogen (secondary N) is 2. The Morgan fingerprint density at radius 3 is 1.73 bits per heavy atom. The van der Waals surface area contributed by atoms with Crippen LogP contribution >= 0.6 is 0 Å². The van der Waals surface area contributed by atoms with E-state index in [9.17, 15) is 24.0 Å². The smallest absolute Gasteiger partial charge is 0.331 e. The van der Waals surface area contributed by atoms with Crippen molar-refractivity contribution < 1.29 is 38.6 Å². The molecule has 1 aromatic rings. The van der Waals surface area contributed by atoms with Gasteiger partial charge in [-0.15, -0.1) is 0 Å². The molecule has 276 valence electrons. The lowest BCUT2D eigenvalue weighted by Gasteiger charge is -2.16. The molecule has 0 radical (unpaired) electrons. The van der Waals surface area contributed by atoms with Crippen LogP contribution in [-0.2, 0) is 39.9 Å². The second-order valence-corrected chi connectivity index (χ2v) is 12.3. The average Bonchev–Trinajstić information content (AvgIpc) is 3.56. The van der Waals surface area contributed by atoms with Crippen LogP contribution in [0.5, 0.6) is 0 Å². The molecule has 0 aromatic carbocycles. The summed E-state index contributed by atoms with van der Waals surface area (Å²) in [4.78, 5) is 64.3. The number of aromatic amines is 1. The number of nitrogens with zero attached hydrogens (tertiary/aromatic N) is 1. The van der Waals surface area contributed by atoms with Crippen molar-refractivity contribution >= 4 is 29.8 Å². The quantitative estimate of drug-likeness (QED) is 0.0421. The molecule has 0 saturated carbocycles. The van der Waals surface area contributed by atoms with Crippen LogP contribution in [0.2, 0.25) is 0 Å². The summed E-state index contributed by atoms with van der Waals surface area (Å²) in [5, 5.41) is 11.3. The molecule has 0 spiro atoms. The third kappa shape index (κ3) is 26.8. The zero-order valence-corrected chi connectivity index (χ0v) is 29.9. The van der Waals surface area contributed by atoms with Crippen LogP contribution in [0.3, 0.4) is 0 Å². The Labute approximate surface area is 288 Å². The highest BCUT2D eigenvalue weighted by Gasteiger charge is 2.23. The predicted molar refractivity (Wildman–Crippen MR) is 186 cm³/mol. The molecule has 12 heteroatoms. The highest BCUT2D eigenvalue weighted by molar-refractivity contribution is 5.90. The van der Waals surface area contributed by atoms with Crippen LogP contribution in [0.15, 0.2) is 12.5 Å². The molecular weight excluding hydrogens is 616 g/mol. The van der Waals surface area contributed by atoms with E-state index in [0.717, 1.165) is 31.4 Å². The number of ether oxygens (including phenoxy) is 2. The molecule has 0 saturated heterocycles. The Hall–Kier alpha value is -3.28. The third-order valence-electron chi connectivity index (χ3n) is 7.78. The number of nitrogens with two attached hydrogens (primary N) is 1. The number of amides is 1. The van der Waals surface area contributed by atoms with E-state index in [1.807, 2.05) is 0 Å². The first-order chi connectivity index (χ1) is 23.1. The first kappa shape index (κ1) is 44.7. The molecule has 48 heavy (non-hydrogen) atoms. The van der Waals surface area contributed by atoms with E-state index in [2.05, 4.69) is 33.9 Å². The van der Waals surface area contributed by atoms with Crippen LogP contribution in [0.1, 0.15) is 161 Å². The summed E-state index contributed by atoms with van der Waals surface area (Å²) in [6.07, 6.45) is 24.8. The molecule has 1 rings (SSSR count). The zero-order valence-electron chi connectivity index (χ0n) is 29.9. The van der Waals surface area contributed by atoms with Crippen molar-refractivity contribution in [1.29, 1.82) is 0 Å². The number of carboxylic acid groups (broad SMARTS) is 1. The number of hydrogen-bond acceptors (Lipinski definition) is 9. The second-order valence-electron chi connectivity index (χ2n) is 12.3. The van der Waals surface area contributed by atoms with Gasteiger partial charge in [0.25, 0.3) is 0 Å². The largest absolute Gasteiger partial charge is 0.481 e. The van der Waals surface area contributed by atoms with Crippen molar-refractivity contribution in [2.24, 2.45) is 5.73 Å². The molecule has 0 aliphatic heterocycles. The van der Waals surface area contributed by atoms with Gasteiger partial charge in [-0.2, -0.15) is 0 Å². The maximum atomic E-state index is 12.2. The highest BCUT2D eigenvalue weighted by atomic mass is 16.6. The molecule has 0 aliphatic carbocycles. The lowest BCUT2D eigenvalue weighted by Crippen LogP contribution is -2.43. The fourth-order valence-corrected chi connectivity index (χ4v) is 5.00. The molecular formula is C36H64N4O8. The minimum atomic E-state index is -1.29. The molecule has 2 atom stereocenters. The van der Waals surface area contributed by atoms with Gasteiger partial charge in [-0.3, -0.25) is 14.4 Å². The molecule has 5 N–H and O–H groups in total. The van der Waals surface area contributed by atoms with Gasteiger partial charge in [0.15, 0.2) is 0 Å². The standard InChI is InChI=1S/C20H35N3O3.C16H29NO5/c1-3-5-6-7-8-9-10-11-12-13-19(24)23-18(20(25)26-4-2)14-17-15-21-16-22-17;1-2-3-4-5-6-7-8-9-10-11-15(20)22-16(21)13(17)12-14(18)19/h15-16,18H,3-14H2,1-2H3,(H,21,22)(H,23,24);13H,2-12,17H2,1H3,(H,18,19). The number of hydrogen-bond donors (Lipinski definition) is 4. The second kappa shape index (κ2) is 31.0. The number of H-pyrrole nitrogens is 1. The molecule has 0 fully saturated rings. The Morgan fingerprint density at radius 1 is 0.771 bits per heavy atom. The number of carbonyl (C=O) groups is 5. The van der Waals surface area contributed by atoms with E-state index in [1.165, 1.54) is 83.5 Å². The van der Waals surface area contributed by atoms with Crippen LogP contribution in [0.4, 0.5) is 0 Å². The Kier molecular flexibility index (Phi) is 28.9. The summed E-state index contributed by atoms with van der Waals surface area (Å²) in [5.41, 5.74) is 6.03. The van der Waals surface area contributed by atoms with Crippen molar-refractivity contribution in [3.05, 3.63) is 18.2 Å². The molecule has 1 amide bonds. The van der Waals surface area contributed by atoms with E-state index in [1.54, 1.807) is 19.4 Å². The van der Waals surface area contributed by atoms with Gasteiger partial charge < -0.3 is 30.6 Å². The number of unbranched alkanes of at least 4 members (excludes halogenated alkanes) is 16. The molecule has 1 heterocycles. The Morgan fingerprint density at radius 2 is 1.27 bits per heavy atom. The molecule has 0 bridgehead atoms. The van der Waals surface area contributed by atoms with Gasteiger partial charge in [-0.05, 0) is 19.8 Å². The summed E-state index contributed by atoms with van der Waals surface area (Å²) in [6.45, 7) is 6.47. The van der Waals surface area contributed by atoms with Crippen molar-refractivity contribution in [3.8, 4) is 0 Å². The van der Waals surface area contributed by atoms with Crippen molar-refractivity contribution in [2.45, 2.75) is 174 Å². The first-order valence-corrected chi connectivity index (χ1v) is 18.3. The van der Waals surface area contributed by atoms with Crippen molar-refractivity contribution in [3.63, 3.8) is 0 Å². The fourth-order valence-electron chi connectivity index (χ4n) is 5.00. The van der Waals surface area contributed by atoms with Crippen molar-refractivity contribution in [2.75, 3.05) is 6.61 Å². The van der Waals surface area contributed by atoms with Crippen molar-refractivity contribution in [1.82, 2.24) is 15.3 Å². The number of imidazole rings is 1. The maximum Gasteiger partial charge on any atom is 0.331 e. The fraction of sp³-hybridized carbons (Fsp3) is 0.778. The number of aliphatic carboxylic acids is 1. The Balaban J connectivity index is 0.000000935. The summed E-state index contributed by atoms with van der Waals surface area (Å²) >= 11 is 0. The summed E-state index contributed by atoms with van der Waals surface area (Å²) in [7, 11) is 0. The summed E-state index contributed by atoms with van der Waals surface area (Å²) in [5.74, 6) is -3.30. The highest BCUT2D eigenvalue weighted by Crippen LogP contribution is 2.12. The van der Waals surface area contributed by atoms with Crippen LogP contribution < -0.4 is 11.1 Å². The normalized spacial score (nSPS) is 11.9. The molecule has 2 unspecified atom stereocenters. The van der Waals surface area contributed by atoms with E-state index in [0.29, 0.717) is 25.9 Å². The minimum absolute atomic E-state index is 0.0958. The SMILES string of the molecule is CCCCCCCCCCCC(=O)NC(Cc1c[nH]cn1)C(=O)OCC.CCCCCCCCCCCC(=O)OC(=O)C(N)CC(=O)O. The maximum absolute atomic E-state index is 12.2. The van der Waals surface area contributed by atoms with E-state index >= 15 is 0 Å². The average molecular weight is 681 g/mol. The number of carbonyl (C=O) groups excluding carboxylic acids is 4. The number of rotatable bonds is 28. The molecule has 1 aromatic heterocycles. The lowest BCUT2D eigenvalue weighted by molar-refractivity contribution is -0.162. The van der Waals surface area contributed by atoms with Gasteiger partial charge in [0.2, 0.25) is 5.91 Å². The summed E-state index contributed by atoms with van der Waals surface area (Å²) < 4.78 is 9.58. The lowest BCUT2D eigenvalue weighted by atomic mass is 10.1. The van der Waals surface area contributed by atoms with Gasteiger partial charge in [-0.25, -0.2) is 14.6 Å². The summed E-state index contributed by atoms with van der Waals surface area (Å²) in [6, 6.07) is -1.96. The van der Waals surface area contributed by atoms with Gasteiger partial charge in [0.05, 0.1) is 25.0 Å². The monoisotopic (exact) mass is 680 g/mol. The van der Waals surface area contributed by atoms with E-state index in [4.69, 9.17) is 15.6 Å². The number of carboxylic acids is 1. The van der Waals surface area contributed by atoms with Gasteiger partial charge in [-0.1, -0.05) is 117 Å².